The maximum atomic E-state index is 13.8. The van der Waals surface area contributed by atoms with Crippen molar-refractivity contribution in [1.29, 1.82) is 0 Å². The molecule has 3 amide bonds. The molecule has 2 aliphatic heterocycles. The summed E-state index contributed by atoms with van der Waals surface area (Å²) in [6.45, 7) is 23.3. The summed E-state index contributed by atoms with van der Waals surface area (Å²) >= 11 is 12.8. The highest BCUT2D eigenvalue weighted by molar-refractivity contribution is 6.35. The molecule has 4 N–H and O–H groups in total. The predicted octanol–water partition coefficient (Wildman–Crippen LogP) is 13.8. The van der Waals surface area contributed by atoms with Crippen molar-refractivity contribution in [3.8, 4) is 0 Å². The lowest BCUT2D eigenvalue weighted by molar-refractivity contribution is -0.143. The molecule has 2 atom stereocenters. The summed E-state index contributed by atoms with van der Waals surface area (Å²) in [7, 11) is 3.54. The number of carboxylic acid groups (broad SMARTS) is 1. The highest BCUT2D eigenvalue weighted by Gasteiger charge is 2.39. The number of benzene rings is 2. The Morgan fingerprint density at radius 2 is 1.12 bits per heavy atom. The van der Waals surface area contributed by atoms with E-state index < -0.39 is 17.2 Å². The Morgan fingerprint density at radius 1 is 0.671 bits per heavy atom. The van der Waals surface area contributed by atoms with Crippen LogP contribution in [-0.4, -0.2) is 105 Å². The number of amides is 3. The zero-order chi connectivity index (χ0) is 53.5. The Bertz CT molecular complexity index is 2510. The van der Waals surface area contributed by atoms with Crippen LogP contribution in [0.2, 0.25) is 10.0 Å². The van der Waals surface area contributed by atoms with Gasteiger partial charge in [0, 0.05) is 67.8 Å². The van der Waals surface area contributed by atoms with E-state index in [-0.39, 0.29) is 36.0 Å². The number of carboxylic acids is 1. The first-order valence-corrected chi connectivity index (χ1v) is 27.8. The molecule has 15 heteroatoms. The second-order valence-electron chi connectivity index (χ2n) is 24.2. The molecule has 0 radical (unpaired) electrons. The van der Waals surface area contributed by atoms with Crippen LogP contribution in [0.25, 0.3) is 21.8 Å². The molecule has 2 aromatic heterocycles. The van der Waals surface area contributed by atoms with E-state index in [1.165, 1.54) is 33.3 Å². The maximum absolute atomic E-state index is 13.8. The Labute approximate surface area is 445 Å². The molecular weight excluding hydrogens is 964 g/mol. The summed E-state index contributed by atoms with van der Waals surface area (Å²) in [4.78, 5) is 61.4. The van der Waals surface area contributed by atoms with Crippen molar-refractivity contribution in [2.75, 3.05) is 40.3 Å². The van der Waals surface area contributed by atoms with Crippen LogP contribution in [-0.2, 0) is 31.9 Å². The van der Waals surface area contributed by atoms with Gasteiger partial charge in [-0.1, -0.05) is 75.2 Å². The number of aromatic amines is 2. The van der Waals surface area contributed by atoms with E-state index in [2.05, 4.69) is 60.0 Å². The first-order chi connectivity index (χ1) is 34.3. The number of hydrogen-bond acceptors (Lipinski definition) is 7. The van der Waals surface area contributed by atoms with Crippen LogP contribution in [0.3, 0.4) is 0 Å². The van der Waals surface area contributed by atoms with Crippen LogP contribution in [0.4, 0.5) is 9.59 Å². The lowest BCUT2D eigenvalue weighted by Gasteiger charge is -2.40. The summed E-state index contributed by atoms with van der Waals surface area (Å²) < 4.78 is 10.8. The zero-order valence-corrected chi connectivity index (χ0v) is 47.4. The summed E-state index contributed by atoms with van der Waals surface area (Å²) in [6, 6.07) is 12.7. The zero-order valence-electron chi connectivity index (χ0n) is 45.9. The first kappa shape index (κ1) is 57.8. The van der Waals surface area contributed by atoms with Gasteiger partial charge >= 0.3 is 18.2 Å². The average Bonchev–Trinajstić information content (AvgIpc) is 3.90. The minimum Gasteiger partial charge on any atom is -0.481 e. The summed E-state index contributed by atoms with van der Waals surface area (Å²) in [6.07, 6.45) is 10.3. The number of carbonyl (C=O) groups is 4. The van der Waals surface area contributed by atoms with Crippen LogP contribution in [0.15, 0.2) is 36.4 Å². The summed E-state index contributed by atoms with van der Waals surface area (Å²) in [5.74, 6) is 1.39. The van der Waals surface area contributed by atoms with Crippen LogP contribution in [0.1, 0.15) is 168 Å². The normalized spacial score (nSPS) is 22.1. The van der Waals surface area contributed by atoms with Crippen molar-refractivity contribution in [3.05, 3.63) is 69.0 Å². The van der Waals surface area contributed by atoms with Crippen molar-refractivity contribution in [2.45, 2.75) is 170 Å². The van der Waals surface area contributed by atoms with Gasteiger partial charge in [0.2, 0.25) is 5.91 Å². The van der Waals surface area contributed by atoms with E-state index in [0.717, 1.165) is 98.4 Å². The Morgan fingerprint density at radius 3 is 1.58 bits per heavy atom. The number of ether oxygens (including phenoxy) is 2. The molecule has 0 spiro atoms. The molecule has 2 aliphatic carbocycles. The molecule has 13 nitrogen and oxygen atoms in total. The number of hydrogen-bond donors (Lipinski definition) is 4. The van der Waals surface area contributed by atoms with Gasteiger partial charge in [0.15, 0.2) is 0 Å². The standard InChI is InChI=1S/C29H42ClN3O3.C15H19ClN2.C14H25NO4/c1-18(2)16-24-26-22(21-8-7-9-23(30)25(21)31-26)14-15-33(24)27(34)20-12-10-19(11-13-20)17-32(6)28(35)36-29(3,4)5;1-9(2)8-13-15-11(6-7-17-13)10-4-3-5-12(16)14(10)18-15;1-14(2,3)19-13(18)15(4)9-10-5-7-11(8-6-10)12(16)17/h7-9,18-20,24,31H,10-17H2,1-6H3;3-5,9,13,17-18H,6-8H2,1-2H3;10-11H,5-9H2,1-4H3,(H,16,17). The first-order valence-electron chi connectivity index (χ1n) is 27.0. The van der Waals surface area contributed by atoms with E-state index in [1.54, 1.807) is 23.9 Å². The molecule has 2 aromatic carbocycles. The molecule has 404 valence electrons. The number of H-pyrrole nitrogens is 2. The molecule has 0 bridgehead atoms. The lowest BCUT2D eigenvalue weighted by Crippen LogP contribution is -2.45. The third kappa shape index (κ3) is 15.6. The van der Waals surface area contributed by atoms with Gasteiger partial charge in [-0.05, 0) is 172 Å². The quantitative estimate of drug-likeness (QED) is 0.122. The SMILES string of the molecule is CC(C)CC1NCCc2c1[nH]c1c(Cl)cccc21.CC(C)CC1c2[nH]c3c(Cl)cccc3c2CCN1C(=O)C1CCC(CN(C)C(=O)OC(C)(C)C)CC1.CN(CC1CCC(C(=O)O)CC1)C(=O)OC(C)(C)C. The summed E-state index contributed by atoms with van der Waals surface area (Å²) in [5, 5.41) is 16.6. The number of aromatic nitrogens is 2. The number of nitrogens with zero attached hydrogens (tertiary/aromatic N) is 3. The minimum atomic E-state index is -0.695. The van der Waals surface area contributed by atoms with Crippen molar-refractivity contribution in [3.63, 3.8) is 0 Å². The number of para-hydroxylation sites is 2. The highest BCUT2D eigenvalue weighted by Crippen LogP contribution is 2.42. The number of aliphatic carboxylic acids is 1. The smallest absolute Gasteiger partial charge is 0.410 e. The van der Waals surface area contributed by atoms with Crippen LogP contribution < -0.4 is 5.32 Å². The molecule has 4 aliphatic rings. The fraction of sp³-hybridized carbons (Fsp3) is 0.655. The number of nitrogens with one attached hydrogen (secondary N) is 3. The average molecular weight is 1050 g/mol. The van der Waals surface area contributed by atoms with Gasteiger partial charge in [0.1, 0.15) is 11.2 Å². The van der Waals surface area contributed by atoms with Crippen molar-refractivity contribution in [2.24, 2.45) is 35.5 Å². The van der Waals surface area contributed by atoms with Gasteiger partial charge in [-0.15, -0.1) is 0 Å². The molecule has 2 fully saturated rings. The molecule has 2 saturated carbocycles. The van der Waals surface area contributed by atoms with Crippen LogP contribution in [0.5, 0.6) is 0 Å². The molecule has 4 heterocycles. The third-order valence-electron chi connectivity index (χ3n) is 14.8. The molecule has 4 aromatic rings. The van der Waals surface area contributed by atoms with Crippen LogP contribution >= 0.6 is 23.2 Å². The van der Waals surface area contributed by atoms with Crippen molar-refractivity contribution >= 4 is 69.1 Å². The van der Waals surface area contributed by atoms with Gasteiger partial charge in [-0.25, -0.2) is 9.59 Å². The minimum absolute atomic E-state index is 0.0530. The number of halogens is 2. The van der Waals surface area contributed by atoms with E-state index in [1.807, 2.05) is 65.8 Å². The molecule has 8 rings (SSSR count). The monoisotopic (exact) mass is 1050 g/mol. The Balaban J connectivity index is 0.000000197. The Hall–Kier alpha value is -4.46. The largest absolute Gasteiger partial charge is 0.481 e. The van der Waals surface area contributed by atoms with E-state index in [9.17, 15) is 19.2 Å². The number of carbonyl (C=O) groups excluding carboxylic acids is 3. The number of fused-ring (bicyclic) bond motifs is 6. The second kappa shape index (κ2) is 24.9. The van der Waals surface area contributed by atoms with Crippen LogP contribution in [0, 0.1) is 35.5 Å². The molecular formula is C58H86Cl2N6O7. The van der Waals surface area contributed by atoms with Crippen molar-refractivity contribution < 1.29 is 33.8 Å². The third-order valence-corrected chi connectivity index (χ3v) is 15.5. The fourth-order valence-corrected chi connectivity index (χ4v) is 11.7. The van der Waals surface area contributed by atoms with E-state index >= 15 is 0 Å². The maximum Gasteiger partial charge on any atom is 0.410 e. The van der Waals surface area contributed by atoms with Gasteiger partial charge < -0.3 is 44.6 Å². The predicted molar refractivity (Wildman–Crippen MR) is 294 cm³/mol. The Kier molecular flexibility index (Phi) is 19.7. The molecule has 2 unspecified atom stereocenters. The van der Waals surface area contributed by atoms with Gasteiger partial charge in [0.25, 0.3) is 0 Å². The topological polar surface area (TPSA) is 160 Å². The fourth-order valence-electron chi connectivity index (χ4n) is 11.3. The van der Waals surface area contributed by atoms with Gasteiger partial charge in [0.05, 0.1) is 33.0 Å². The van der Waals surface area contributed by atoms with E-state index in [4.69, 9.17) is 37.8 Å². The molecule has 0 saturated heterocycles. The van der Waals surface area contributed by atoms with Crippen molar-refractivity contribution in [1.82, 2.24) is 30.0 Å². The van der Waals surface area contributed by atoms with Gasteiger partial charge in [-0.2, -0.15) is 0 Å². The highest BCUT2D eigenvalue weighted by atomic mass is 35.5. The lowest BCUT2D eigenvalue weighted by atomic mass is 9.80. The van der Waals surface area contributed by atoms with Gasteiger partial charge in [-0.3, -0.25) is 9.59 Å². The summed E-state index contributed by atoms with van der Waals surface area (Å²) in [5.41, 5.74) is 6.40. The van der Waals surface area contributed by atoms with E-state index in [0.29, 0.717) is 55.6 Å². The number of rotatable bonds is 10. The second-order valence-corrected chi connectivity index (χ2v) is 25.0. The molecule has 73 heavy (non-hydrogen) atoms.